The van der Waals surface area contributed by atoms with Gasteiger partial charge in [-0.3, -0.25) is 19.8 Å². The van der Waals surface area contributed by atoms with Gasteiger partial charge in [-0.25, -0.2) is 5.48 Å². The first-order valence-corrected chi connectivity index (χ1v) is 15.3. The second kappa shape index (κ2) is 17.6. The molecule has 1 fully saturated rings. The van der Waals surface area contributed by atoms with Crippen molar-refractivity contribution in [3.63, 3.8) is 0 Å². The Bertz CT molecular complexity index is 1290. The van der Waals surface area contributed by atoms with Gasteiger partial charge in [0.2, 0.25) is 11.8 Å². The van der Waals surface area contributed by atoms with Crippen LogP contribution in [0, 0.1) is 0 Å². The summed E-state index contributed by atoms with van der Waals surface area (Å²) in [5.41, 5.74) is 6.46. The molecule has 0 saturated carbocycles. The van der Waals surface area contributed by atoms with Gasteiger partial charge in [0.05, 0.1) is 18.8 Å². The highest BCUT2D eigenvalue weighted by Gasteiger charge is 2.32. The lowest BCUT2D eigenvalue weighted by atomic mass is 9.99. The number of hydrogen-bond donors (Lipinski definition) is 4. The zero-order chi connectivity index (χ0) is 31.1. The van der Waals surface area contributed by atoms with Crippen LogP contribution in [-0.4, -0.2) is 58.3 Å². The second-order valence-electron chi connectivity index (χ2n) is 11.3. The van der Waals surface area contributed by atoms with Gasteiger partial charge in [0.15, 0.2) is 6.29 Å². The van der Waals surface area contributed by atoms with Crippen LogP contribution in [0.15, 0.2) is 72.9 Å². The van der Waals surface area contributed by atoms with Gasteiger partial charge >= 0.3 is 0 Å². The highest BCUT2D eigenvalue weighted by Crippen LogP contribution is 2.38. The summed E-state index contributed by atoms with van der Waals surface area (Å²) in [4.78, 5) is 30.0. The summed E-state index contributed by atoms with van der Waals surface area (Å²) in [6, 6.07) is 21.8. The number of carbonyl (C=O) groups is 2. The SMILES string of the molecule is CN(CCc1ccccn1)CC1CC(c2ccc(CO)cc2)OC(c2ccc(CNC(=O)CCCCCC(=O)NO)cc2)O1. The third-order valence-electron chi connectivity index (χ3n) is 7.78. The fourth-order valence-corrected chi connectivity index (χ4v) is 5.21. The van der Waals surface area contributed by atoms with E-state index < -0.39 is 12.2 Å². The van der Waals surface area contributed by atoms with Gasteiger partial charge in [-0.15, -0.1) is 0 Å². The number of nitrogens with zero attached hydrogens (tertiary/aromatic N) is 2. The number of ether oxygens (including phenoxy) is 2. The highest BCUT2D eigenvalue weighted by atomic mass is 16.7. The first-order valence-electron chi connectivity index (χ1n) is 15.3. The first kappa shape index (κ1) is 33.2. The molecule has 0 bridgehead atoms. The van der Waals surface area contributed by atoms with Gasteiger partial charge in [0.25, 0.3) is 0 Å². The Morgan fingerprint density at radius 2 is 1.61 bits per heavy atom. The van der Waals surface area contributed by atoms with Crippen LogP contribution in [0.25, 0.3) is 0 Å². The standard InChI is InChI=1S/C34H44N4O6/c1-38(20-18-29-7-5-6-19-35-29)23-30-21-31(27-14-12-26(24-39)13-15-27)44-34(43-30)28-16-10-25(11-17-28)22-36-32(40)8-3-2-4-9-33(41)37-42/h5-7,10-17,19,30-31,34,39,42H,2-4,8-9,18,20-24H2,1H3,(H,36,40)(H,37,41). The van der Waals surface area contributed by atoms with E-state index in [9.17, 15) is 14.7 Å². The minimum atomic E-state index is -0.544. The fraction of sp³-hybridized carbons (Fsp3) is 0.441. The average Bonchev–Trinajstić information content (AvgIpc) is 3.06. The van der Waals surface area contributed by atoms with Crippen molar-refractivity contribution in [2.24, 2.45) is 0 Å². The quantitative estimate of drug-likeness (QED) is 0.108. The number of aliphatic hydroxyl groups is 1. The van der Waals surface area contributed by atoms with Gasteiger partial charge in [-0.1, -0.05) is 61.0 Å². The molecule has 3 aromatic rings. The van der Waals surface area contributed by atoms with Crippen LogP contribution in [0.2, 0.25) is 0 Å². The van der Waals surface area contributed by atoms with Crippen molar-refractivity contribution in [3.05, 3.63) is 101 Å². The van der Waals surface area contributed by atoms with Crippen molar-refractivity contribution in [2.75, 3.05) is 20.1 Å². The summed E-state index contributed by atoms with van der Waals surface area (Å²) < 4.78 is 13.0. The minimum absolute atomic E-state index is 0.000455. The predicted molar refractivity (Wildman–Crippen MR) is 165 cm³/mol. The molecule has 10 heteroatoms. The molecule has 1 aliphatic rings. The Morgan fingerprint density at radius 3 is 2.30 bits per heavy atom. The zero-order valence-corrected chi connectivity index (χ0v) is 25.4. The van der Waals surface area contributed by atoms with Gasteiger partial charge in [0.1, 0.15) is 0 Å². The second-order valence-corrected chi connectivity index (χ2v) is 11.3. The van der Waals surface area contributed by atoms with Gasteiger partial charge < -0.3 is 24.8 Å². The molecule has 1 aromatic heterocycles. The van der Waals surface area contributed by atoms with Crippen molar-refractivity contribution >= 4 is 11.8 Å². The van der Waals surface area contributed by atoms with E-state index in [1.165, 1.54) is 0 Å². The van der Waals surface area contributed by atoms with E-state index in [0.29, 0.717) is 32.2 Å². The normalized spacial score (nSPS) is 18.2. The zero-order valence-electron chi connectivity index (χ0n) is 25.4. The van der Waals surface area contributed by atoms with E-state index in [1.807, 2.05) is 72.9 Å². The smallest absolute Gasteiger partial charge is 0.243 e. The number of carbonyl (C=O) groups excluding carboxylic acids is 2. The molecule has 236 valence electrons. The van der Waals surface area contributed by atoms with Crippen molar-refractivity contribution in [3.8, 4) is 0 Å². The molecule has 3 unspecified atom stereocenters. The van der Waals surface area contributed by atoms with Crippen LogP contribution in [0.5, 0.6) is 0 Å². The molecule has 1 saturated heterocycles. The summed E-state index contributed by atoms with van der Waals surface area (Å²) in [5.74, 6) is -0.446. The molecule has 2 heterocycles. The third-order valence-corrected chi connectivity index (χ3v) is 7.78. The molecule has 0 radical (unpaired) electrons. The highest BCUT2D eigenvalue weighted by molar-refractivity contribution is 5.76. The van der Waals surface area contributed by atoms with Crippen LogP contribution in [-0.2, 0) is 38.6 Å². The van der Waals surface area contributed by atoms with Crippen LogP contribution >= 0.6 is 0 Å². The maximum atomic E-state index is 12.3. The Labute approximate surface area is 259 Å². The van der Waals surface area contributed by atoms with E-state index in [2.05, 4.69) is 22.2 Å². The number of unbranched alkanes of at least 4 members (excludes halogenated alkanes) is 2. The van der Waals surface area contributed by atoms with Gasteiger partial charge in [-0.05, 0) is 48.7 Å². The summed E-state index contributed by atoms with van der Waals surface area (Å²) >= 11 is 0. The van der Waals surface area contributed by atoms with Crippen molar-refractivity contribution in [1.82, 2.24) is 20.7 Å². The number of benzene rings is 2. The first-order chi connectivity index (χ1) is 21.4. The third kappa shape index (κ3) is 10.8. The van der Waals surface area contributed by atoms with Crippen molar-refractivity contribution in [2.45, 2.75) is 76.6 Å². The number of hydroxylamine groups is 1. The van der Waals surface area contributed by atoms with Crippen LogP contribution in [0.3, 0.4) is 0 Å². The maximum Gasteiger partial charge on any atom is 0.243 e. The van der Waals surface area contributed by atoms with E-state index in [1.54, 1.807) is 5.48 Å². The maximum absolute atomic E-state index is 12.3. The number of aromatic nitrogens is 1. The molecule has 4 rings (SSSR count). The Hall–Kier alpha value is -3.67. The number of hydrogen-bond acceptors (Lipinski definition) is 8. The number of amides is 2. The Balaban J connectivity index is 1.32. The van der Waals surface area contributed by atoms with Crippen molar-refractivity contribution < 1.29 is 29.4 Å². The predicted octanol–water partition coefficient (Wildman–Crippen LogP) is 4.37. The molecular formula is C34H44N4O6. The summed E-state index contributed by atoms with van der Waals surface area (Å²) in [7, 11) is 2.10. The van der Waals surface area contributed by atoms with Crippen LogP contribution in [0.1, 0.15) is 78.9 Å². The van der Waals surface area contributed by atoms with Crippen molar-refractivity contribution in [1.29, 1.82) is 0 Å². The van der Waals surface area contributed by atoms with Crippen LogP contribution in [0.4, 0.5) is 0 Å². The molecule has 3 atom stereocenters. The number of nitrogens with one attached hydrogen (secondary N) is 2. The molecular weight excluding hydrogens is 560 g/mol. The summed E-state index contributed by atoms with van der Waals surface area (Å²) in [6.45, 7) is 2.03. The summed E-state index contributed by atoms with van der Waals surface area (Å²) in [6.07, 6.45) is 5.32. The van der Waals surface area contributed by atoms with Gasteiger partial charge in [-0.2, -0.15) is 0 Å². The van der Waals surface area contributed by atoms with E-state index >= 15 is 0 Å². The molecule has 0 spiro atoms. The largest absolute Gasteiger partial charge is 0.392 e. The van der Waals surface area contributed by atoms with Gasteiger partial charge in [0, 0.05) is 62.8 Å². The monoisotopic (exact) mass is 604 g/mol. The number of rotatable bonds is 16. The van der Waals surface area contributed by atoms with E-state index in [0.717, 1.165) is 53.9 Å². The average molecular weight is 605 g/mol. The molecule has 0 aliphatic carbocycles. The van der Waals surface area contributed by atoms with E-state index in [-0.39, 0.29) is 31.1 Å². The topological polar surface area (TPSA) is 133 Å². The Morgan fingerprint density at radius 1 is 0.909 bits per heavy atom. The lowest BCUT2D eigenvalue weighted by Gasteiger charge is -2.38. The molecule has 4 N–H and O–H groups in total. The lowest BCUT2D eigenvalue weighted by Crippen LogP contribution is -2.38. The lowest BCUT2D eigenvalue weighted by molar-refractivity contribution is -0.252. The molecule has 44 heavy (non-hydrogen) atoms. The minimum Gasteiger partial charge on any atom is -0.392 e. The summed E-state index contributed by atoms with van der Waals surface area (Å²) in [5, 5.41) is 21.0. The number of pyridine rings is 1. The van der Waals surface area contributed by atoms with Crippen LogP contribution < -0.4 is 10.8 Å². The van der Waals surface area contributed by atoms with E-state index in [4.69, 9.17) is 14.7 Å². The molecule has 1 aliphatic heterocycles. The molecule has 2 aromatic carbocycles. The molecule has 10 nitrogen and oxygen atoms in total. The number of aliphatic hydroxyl groups excluding tert-OH is 1. The Kier molecular flexibility index (Phi) is 13.3. The fourth-order valence-electron chi connectivity index (χ4n) is 5.21. The number of likely N-dealkylation sites (N-methyl/N-ethyl adjacent to an activating group) is 1. The molecule has 2 amide bonds.